The zero-order valence-corrected chi connectivity index (χ0v) is 12.4. The van der Waals surface area contributed by atoms with Crippen molar-refractivity contribution in [2.24, 2.45) is 11.8 Å². The first-order chi connectivity index (χ1) is 9.04. The molecular formula is C15H26N2O2. The number of hydrogen-bond acceptors (Lipinski definition) is 2. The smallest absolute Gasteiger partial charge is 0.228 e. The van der Waals surface area contributed by atoms with Gasteiger partial charge in [-0.25, -0.2) is 0 Å². The van der Waals surface area contributed by atoms with Crippen molar-refractivity contribution in [2.45, 2.75) is 52.5 Å². The standard InChI is InChI=1S/C15H26N2O2/c1-4-16-10-12(9-14(16)18)15(19)17-8-6-5-7-13(17)11(2)3/h11-13H,4-10H2,1-3H3. The fraction of sp³-hybridized carbons (Fsp3) is 0.867. The Balaban J connectivity index is 2.04. The summed E-state index contributed by atoms with van der Waals surface area (Å²) in [5.74, 6) is 0.747. The predicted molar refractivity (Wildman–Crippen MR) is 74.6 cm³/mol. The minimum Gasteiger partial charge on any atom is -0.342 e. The van der Waals surface area contributed by atoms with Crippen molar-refractivity contribution in [3.63, 3.8) is 0 Å². The van der Waals surface area contributed by atoms with Crippen LogP contribution in [0.25, 0.3) is 0 Å². The Hall–Kier alpha value is -1.06. The summed E-state index contributed by atoms with van der Waals surface area (Å²) in [5, 5.41) is 0. The zero-order valence-electron chi connectivity index (χ0n) is 12.4. The summed E-state index contributed by atoms with van der Waals surface area (Å²) < 4.78 is 0. The Morgan fingerprint density at radius 2 is 2.11 bits per heavy atom. The number of carbonyl (C=O) groups is 2. The molecule has 0 spiro atoms. The molecule has 0 aliphatic carbocycles. The third-order valence-electron chi connectivity index (χ3n) is 4.55. The van der Waals surface area contributed by atoms with Gasteiger partial charge in [-0.05, 0) is 32.1 Å². The summed E-state index contributed by atoms with van der Waals surface area (Å²) in [4.78, 5) is 28.3. The van der Waals surface area contributed by atoms with Crippen molar-refractivity contribution in [3.05, 3.63) is 0 Å². The van der Waals surface area contributed by atoms with E-state index in [1.807, 2.05) is 6.92 Å². The van der Waals surface area contributed by atoms with E-state index >= 15 is 0 Å². The largest absolute Gasteiger partial charge is 0.342 e. The average molecular weight is 266 g/mol. The topological polar surface area (TPSA) is 40.6 Å². The van der Waals surface area contributed by atoms with Crippen LogP contribution in [-0.4, -0.2) is 47.3 Å². The maximum absolute atomic E-state index is 12.7. The van der Waals surface area contributed by atoms with Gasteiger partial charge >= 0.3 is 0 Å². The summed E-state index contributed by atoms with van der Waals surface area (Å²) in [5.41, 5.74) is 0. The van der Waals surface area contributed by atoms with Crippen LogP contribution in [0.4, 0.5) is 0 Å². The molecule has 2 saturated heterocycles. The molecule has 2 fully saturated rings. The molecule has 2 amide bonds. The molecule has 2 aliphatic rings. The van der Waals surface area contributed by atoms with E-state index in [4.69, 9.17) is 0 Å². The lowest BCUT2D eigenvalue weighted by molar-refractivity contribution is -0.140. The second kappa shape index (κ2) is 5.93. The quantitative estimate of drug-likeness (QED) is 0.782. The Labute approximate surface area is 116 Å². The first-order valence-electron chi connectivity index (χ1n) is 7.62. The van der Waals surface area contributed by atoms with Crippen LogP contribution in [0.1, 0.15) is 46.5 Å². The van der Waals surface area contributed by atoms with Crippen molar-refractivity contribution in [1.82, 2.24) is 9.80 Å². The number of carbonyl (C=O) groups excluding carboxylic acids is 2. The van der Waals surface area contributed by atoms with Gasteiger partial charge in [-0.15, -0.1) is 0 Å². The van der Waals surface area contributed by atoms with Crippen molar-refractivity contribution in [3.8, 4) is 0 Å². The van der Waals surface area contributed by atoms with Gasteiger partial charge in [0.2, 0.25) is 11.8 Å². The van der Waals surface area contributed by atoms with Gasteiger partial charge in [0.25, 0.3) is 0 Å². The number of hydrogen-bond donors (Lipinski definition) is 0. The highest BCUT2D eigenvalue weighted by Gasteiger charge is 2.38. The molecule has 2 heterocycles. The molecule has 0 saturated carbocycles. The maximum atomic E-state index is 12.7. The third-order valence-corrected chi connectivity index (χ3v) is 4.55. The van der Waals surface area contributed by atoms with E-state index in [0.717, 1.165) is 25.9 Å². The Morgan fingerprint density at radius 1 is 1.37 bits per heavy atom. The van der Waals surface area contributed by atoms with Crippen LogP contribution in [0.15, 0.2) is 0 Å². The number of rotatable bonds is 3. The Morgan fingerprint density at radius 3 is 2.68 bits per heavy atom. The maximum Gasteiger partial charge on any atom is 0.228 e. The van der Waals surface area contributed by atoms with E-state index in [9.17, 15) is 9.59 Å². The van der Waals surface area contributed by atoms with Gasteiger partial charge < -0.3 is 9.80 Å². The van der Waals surface area contributed by atoms with Crippen LogP contribution >= 0.6 is 0 Å². The number of amides is 2. The molecule has 0 aromatic heterocycles. The van der Waals surface area contributed by atoms with E-state index in [1.165, 1.54) is 6.42 Å². The van der Waals surface area contributed by atoms with E-state index < -0.39 is 0 Å². The highest BCUT2D eigenvalue weighted by molar-refractivity contribution is 5.89. The monoisotopic (exact) mass is 266 g/mol. The molecule has 2 atom stereocenters. The number of piperidine rings is 1. The molecule has 0 aromatic carbocycles. The van der Waals surface area contributed by atoms with Crippen molar-refractivity contribution in [2.75, 3.05) is 19.6 Å². The van der Waals surface area contributed by atoms with E-state index in [1.54, 1.807) is 4.90 Å². The molecule has 0 radical (unpaired) electrons. The first kappa shape index (κ1) is 14.4. The van der Waals surface area contributed by atoms with Crippen LogP contribution < -0.4 is 0 Å². The molecule has 2 unspecified atom stereocenters. The zero-order chi connectivity index (χ0) is 14.0. The molecule has 2 rings (SSSR count). The van der Waals surface area contributed by atoms with Crippen LogP contribution in [0, 0.1) is 11.8 Å². The molecule has 4 nitrogen and oxygen atoms in total. The summed E-state index contributed by atoms with van der Waals surface area (Å²) in [6.45, 7) is 8.57. The second-order valence-corrected chi connectivity index (χ2v) is 6.17. The number of nitrogens with zero attached hydrogens (tertiary/aromatic N) is 2. The van der Waals surface area contributed by atoms with Crippen LogP contribution in [0.2, 0.25) is 0 Å². The molecule has 0 N–H and O–H groups in total. The predicted octanol–water partition coefficient (Wildman–Crippen LogP) is 1.89. The highest BCUT2D eigenvalue weighted by Crippen LogP contribution is 2.27. The van der Waals surface area contributed by atoms with Gasteiger partial charge in [0, 0.05) is 32.1 Å². The lowest BCUT2D eigenvalue weighted by atomic mass is 9.91. The molecule has 4 heteroatoms. The molecule has 2 aliphatic heterocycles. The first-order valence-corrected chi connectivity index (χ1v) is 7.62. The van der Waals surface area contributed by atoms with Crippen LogP contribution in [0.3, 0.4) is 0 Å². The third kappa shape index (κ3) is 2.93. The second-order valence-electron chi connectivity index (χ2n) is 6.17. The van der Waals surface area contributed by atoms with Crippen LogP contribution in [-0.2, 0) is 9.59 Å². The van der Waals surface area contributed by atoms with Gasteiger partial charge in [-0.2, -0.15) is 0 Å². The molecule has 108 valence electrons. The van der Waals surface area contributed by atoms with Crippen molar-refractivity contribution in [1.29, 1.82) is 0 Å². The normalized spacial score (nSPS) is 28.3. The van der Waals surface area contributed by atoms with Gasteiger partial charge in [-0.1, -0.05) is 13.8 Å². The molecule has 0 bridgehead atoms. The number of likely N-dealkylation sites (tertiary alicyclic amines) is 2. The SMILES string of the molecule is CCN1CC(C(=O)N2CCCCC2C(C)C)CC1=O. The van der Waals surface area contributed by atoms with E-state index in [-0.39, 0.29) is 17.7 Å². The fourth-order valence-electron chi connectivity index (χ4n) is 3.40. The lowest BCUT2D eigenvalue weighted by Gasteiger charge is -2.39. The van der Waals surface area contributed by atoms with Gasteiger partial charge in [0.05, 0.1) is 5.92 Å². The molecule has 19 heavy (non-hydrogen) atoms. The highest BCUT2D eigenvalue weighted by atomic mass is 16.2. The summed E-state index contributed by atoms with van der Waals surface area (Å²) >= 11 is 0. The van der Waals surface area contributed by atoms with Gasteiger partial charge in [0.15, 0.2) is 0 Å². The molecule has 0 aromatic rings. The summed E-state index contributed by atoms with van der Waals surface area (Å²) in [6.07, 6.45) is 3.85. The van der Waals surface area contributed by atoms with Crippen molar-refractivity contribution >= 4 is 11.8 Å². The minimum absolute atomic E-state index is 0.105. The fourth-order valence-corrected chi connectivity index (χ4v) is 3.40. The molecular weight excluding hydrogens is 240 g/mol. The summed E-state index contributed by atoms with van der Waals surface area (Å²) in [6, 6.07) is 0.368. The Kier molecular flexibility index (Phi) is 4.48. The van der Waals surface area contributed by atoms with Crippen molar-refractivity contribution < 1.29 is 9.59 Å². The minimum atomic E-state index is -0.105. The van der Waals surface area contributed by atoms with E-state index in [2.05, 4.69) is 18.7 Å². The summed E-state index contributed by atoms with van der Waals surface area (Å²) in [7, 11) is 0. The van der Waals surface area contributed by atoms with Gasteiger partial charge in [0.1, 0.15) is 0 Å². The van der Waals surface area contributed by atoms with Crippen LogP contribution in [0.5, 0.6) is 0 Å². The lowest BCUT2D eigenvalue weighted by Crippen LogP contribution is -2.49. The van der Waals surface area contributed by atoms with Gasteiger partial charge in [-0.3, -0.25) is 9.59 Å². The Bertz CT molecular complexity index is 354. The van der Waals surface area contributed by atoms with E-state index in [0.29, 0.717) is 24.9 Å². The average Bonchev–Trinajstić information content (AvgIpc) is 2.79.